The number of hydrogen-bond acceptors (Lipinski definition) is 6. The highest BCUT2D eigenvalue weighted by molar-refractivity contribution is 5.98. The van der Waals surface area contributed by atoms with E-state index >= 15 is 0 Å². The number of nitrogens with one attached hydrogen (secondary N) is 2. The van der Waals surface area contributed by atoms with E-state index in [4.69, 9.17) is 11.5 Å². The van der Waals surface area contributed by atoms with Gasteiger partial charge in [0.2, 0.25) is 5.95 Å². The monoisotopic (exact) mass is 376 g/mol. The van der Waals surface area contributed by atoms with E-state index in [9.17, 15) is 13.6 Å². The van der Waals surface area contributed by atoms with Crippen molar-refractivity contribution in [2.45, 2.75) is 44.2 Å². The molecule has 2 atom stereocenters. The minimum Gasteiger partial charge on any atom is -0.365 e. The molecule has 7 nitrogen and oxygen atoms in total. The van der Waals surface area contributed by atoms with Gasteiger partial charge in [-0.2, -0.15) is 4.98 Å². The van der Waals surface area contributed by atoms with E-state index in [0.29, 0.717) is 18.5 Å². The lowest BCUT2D eigenvalue weighted by Crippen LogP contribution is -2.55. The number of anilines is 3. The Morgan fingerprint density at radius 3 is 2.81 bits per heavy atom. The first kappa shape index (κ1) is 19.0. The quantitative estimate of drug-likeness (QED) is 0.637. The van der Waals surface area contributed by atoms with Gasteiger partial charge in [-0.25, -0.2) is 13.8 Å². The van der Waals surface area contributed by atoms with E-state index in [1.165, 1.54) is 6.20 Å². The lowest BCUT2D eigenvalue weighted by atomic mass is 9.87. The maximum Gasteiger partial charge on any atom is 0.269 e. The summed E-state index contributed by atoms with van der Waals surface area (Å²) in [5.74, 6) is -3.60. The number of amides is 1. The molecular formula is C18H22F2N6O. The molecule has 1 fully saturated rings. The highest BCUT2D eigenvalue weighted by atomic mass is 19.3. The van der Waals surface area contributed by atoms with Gasteiger partial charge in [-0.15, -0.1) is 0 Å². The zero-order valence-corrected chi connectivity index (χ0v) is 14.9. The first-order chi connectivity index (χ1) is 12.8. The Kier molecular flexibility index (Phi) is 5.22. The number of aromatic nitrogens is 2. The normalized spacial score (nSPS) is 21.5. The molecule has 0 radical (unpaired) electrons. The predicted molar refractivity (Wildman–Crippen MR) is 99.2 cm³/mol. The standard InChI is InChI=1S/C18H22F2N6O/c1-10-4-2-5-11(8-10)24-16-12(15(22)27)9-23-17(26-16)25-14-13(21)6-3-7-18(14,19)20/h2,4-5,8-9,13-14H,3,6-7,21H2,1H3,(H2,22,27)(H2,23,24,25,26)/t13-,14-/m0/s1. The zero-order valence-electron chi connectivity index (χ0n) is 14.9. The van der Waals surface area contributed by atoms with Crippen LogP contribution in [0.1, 0.15) is 35.2 Å². The maximum atomic E-state index is 14.2. The van der Waals surface area contributed by atoms with E-state index in [-0.39, 0.29) is 23.8 Å². The van der Waals surface area contributed by atoms with Gasteiger partial charge >= 0.3 is 0 Å². The van der Waals surface area contributed by atoms with Gasteiger partial charge in [-0.3, -0.25) is 4.79 Å². The Morgan fingerprint density at radius 2 is 2.15 bits per heavy atom. The Balaban J connectivity index is 1.90. The second kappa shape index (κ2) is 7.43. The van der Waals surface area contributed by atoms with Crippen molar-refractivity contribution in [3.8, 4) is 0 Å². The highest BCUT2D eigenvalue weighted by Crippen LogP contribution is 2.34. The molecule has 9 heteroatoms. The highest BCUT2D eigenvalue weighted by Gasteiger charge is 2.46. The van der Waals surface area contributed by atoms with E-state index in [2.05, 4.69) is 20.6 Å². The average molecular weight is 376 g/mol. The number of nitrogens with zero attached hydrogens (tertiary/aromatic N) is 2. The molecule has 1 heterocycles. The molecule has 0 unspecified atom stereocenters. The largest absolute Gasteiger partial charge is 0.365 e. The smallest absolute Gasteiger partial charge is 0.269 e. The van der Waals surface area contributed by atoms with Gasteiger partial charge in [-0.05, 0) is 37.5 Å². The van der Waals surface area contributed by atoms with Gasteiger partial charge in [0, 0.05) is 24.3 Å². The van der Waals surface area contributed by atoms with Gasteiger partial charge in [0.25, 0.3) is 11.8 Å². The zero-order chi connectivity index (χ0) is 19.6. The minimum atomic E-state index is -2.96. The molecule has 1 amide bonds. The molecule has 0 saturated heterocycles. The Bertz CT molecular complexity index is 844. The molecule has 0 spiro atoms. The molecule has 1 aromatic heterocycles. The molecule has 6 N–H and O–H groups in total. The number of hydrogen-bond donors (Lipinski definition) is 4. The van der Waals surface area contributed by atoms with Gasteiger partial charge in [0.05, 0.1) is 0 Å². The predicted octanol–water partition coefficient (Wildman–Crippen LogP) is 2.55. The van der Waals surface area contributed by atoms with Crippen LogP contribution in [0.15, 0.2) is 30.5 Å². The molecule has 1 aromatic carbocycles. The van der Waals surface area contributed by atoms with Crippen molar-refractivity contribution in [1.82, 2.24) is 9.97 Å². The number of carbonyl (C=O) groups excluding carboxylic acids is 1. The second-order valence-electron chi connectivity index (χ2n) is 6.75. The summed E-state index contributed by atoms with van der Waals surface area (Å²) >= 11 is 0. The summed E-state index contributed by atoms with van der Waals surface area (Å²) < 4.78 is 28.4. The van der Waals surface area contributed by atoms with Crippen molar-refractivity contribution < 1.29 is 13.6 Å². The Morgan fingerprint density at radius 1 is 1.37 bits per heavy atom. The summed E-state index contributed by atoms with van der Waals surface area (Å²) in [4.78, 5) is 19.8. The fraction of sp³-hybridized carbons (Fsp3) is 0.389. The third-order valence-corrected chi connectivity index (χ3v) is 4.55. The number of aryl methyl sites for hydroxylation is 1. The van der Waals surface area contributed by atoms with E-state index in [0.717, 1.165) is 5.56 Å². The Hall–Kier alpha value is -2.81. The van der Waals surface area contributed by atoms with Crippen molar-refractivity contribution in [3.63, 3.8) is 0 Å². The lowest BCUT2D eigenvalue weighted by Gasteiger charge is -2.36. The number of rotatable bonds is 5. The van der Waals surface area contributed by atoms with E-state index in [1.54, 1.807) is 6.07 Å². The number of alkyl halides is 2. The topological polar surface area (TPSA) is 119 Å². The molecule has 1 saturated carbocycles. The summed E-state index contributed by atoms with van der Waals surface area (Å²) in [5, 5.41) is 5.63. The molecule has 1 aliphatic carbocycles. The third-order valence-electron chi connectivity index (χ3n) is 4.55. The maximum absolute atomic E-state index is 14.2. The van der Waals surface area contributed by atoms with Crippen molar-refractivity contribution in [3.05, 3.63) is 41.6 Å². The summed E-state index contributed by atoms with van der Waals surface area (Å²) in [5.41, 5.74) is 13.0. The van der Waals surface area contributed by atoms with Crippen LogP contribution in [0.4, 0.5) is 26.2 Å². The molecule has 3 rings (SSSR count). The summed E-state index contributed by atoms with van der Waals surface area (Å²) in [6.45, 7) is 1.92. The van der Waals surface area contributed by atoms with Crippen molar-refractivity contribution in [2.24, 2.45) is 11.5 Å². The number of primary amides is 1. The van der Waals surface area contributed by atoms with Crippen molar-refractivity contribution >= 4 is 23.4 Å². The van der Waals surface area contributed by atoms with Crippen LogP contribution >= 0.6 is 0 Å². The van der Waals surface area contributed by atoms with Gasteiger partial charge < -0.3 is 22.1 Å². The molecule has 0 aliphatic heterocycles. The summed E-state index contributed by atoms with van der Waals surface area (Å²) in [6, 6.07) is 5.39. The second-order valence-corrected chi connectivity index (χ2v) is 6.75. The number of nitrogens with two attached hydrogens (primary N) is 2. The summed E-state index contributed by atoms with van der Waals surface area (Å²) in [6.07, 6.45) is 1.82. The minimum absolute atomic E-state index is 0.0443. The van der Waals surface area contributed by atoms with Crippen LogP contribution < -0.4 is 22.1 Å². The lowest BCUT2D eigenvalue weighted by molar-refractivity contribution is -0.0513. The molecule has 1 aliphatic rings. The molecule has 2 aromatic rings. The third kappa shape index (κ3) is 4.30. The van der Waals surface area contributed by atoms with Crippen LogP contribution in [-0.2, 0) is 0 Å². The summed E-state index contributed by atoms with van der Waals surface area (Å²) in [7, 11) is 0. The van der Waals surface area contributed by atoms with Crippen LogP contribution in [0.25, 0.3) is 0 Å². The van der Waals surface area contributed by atoms with E-state index in [1.807, 2.05) is 25.1 Å². The van der Waals surface area contributed by atoms with Crippen LogP contribution in [0.5, 0.6) is 0 Å². The SMILES string of the molecule is Cc1cccc(Nc2nc(N[C@H]3[C@@H](N)CCCC3(F)F)ncc2C(N)=O)c1. The Labute approximate surface area is 155 Å². The molecule has 0 bridgehead atoms. The first-order valence-corrected chi connectivity index (χ1v) is 8.67. The van der Waals surface area contributed by atoms with Crippen molar-refractivity contribution in [1.29, 1.82) is 0 Å². The van der Waals surface area contributed by atoms with Crippen LogP contribution in [-0.4, -0.2) is 33.9 Å². The number of carbonyl (C=O) groups is 1. The molecule has 27 heavy (non-hydrogen) atoms. The van der Waals surface area contributed by atoms with Crippen molar-refractivity contribution in [2.75, 3.05) is 10.6 Å². The number of halogens is 2. The van der Waals surface area contributed by atoms with E-state index < -0.39 is 23.9 Å². The fourth-order valence-corrected chi connectivity index (χ4v) is 3.15. The first-order valence-electron chi connectivity index (χ1n) is 8.67. The number of benzene rings is 1. The van der Waals surface area contributed by atoms with Crippen LogP contribution in [0.2, 0.25) is 0 Å². The average Bonchev–Trinajstić information content (AvgIpc) is 2.58. The molecular weight excluding hydrogens is 354 g/mol. The van der Waals surface area contributed by atoms with Crippen LogP contribution in [0, 0.1) is 6.92 Å². The molecule has 144 valence electrons. The van der Waals surface area contributed by atoms with Gasteiger partial charge in [0.1, 0.15) is 17.4 Å². The van der Waals surface area contributed by atoms with Gasteiger partial charge in [-0.1, -0.05) is 12.1 Å². The van der Waals surface area contributed by atoms with Gasteiger partial charge in [0.15, 0.2) is 0 Å². The fourth-order valence-electron chi connectivity index (χ4n) is 3.15. The van der Waals surface area contributed by atoms with Crippen LogP contribution in [0.3, 0.4) is 0 Å².